The van der Waals surface area contributed by atoms with E-state index in [-0.39, 0.29) is 30.6 Å². The van der Waals surface area contributed by atoms with Crippen molar-refractivity contribution in [3.63, 3.8) is 0 Å². The minimum absolute atomic E-state index is 0.0617. The van der Waals surface area contributed by atoms with Crippen LogP contribution in [0, 0.1) is 13.8 Å². The van der Waals surface area contributed by atoms with Crippen molar-refractivity contribution < 1.29 is 14.4 Å². The zero-order valence-electron chi connectivity index (χ0n) is 15.3. The third kappa shape index (κ3) is 4.80. The van der Waals surface area contributed by atoms with Gasteiger partial charge in [0.05, 0.1) is 18.8 Å². The first-order valence-corrected chi connectivity index (χ1v) is 8.54. The molecule has 0 saturated carbocycles. The molecule has 1 aromatic heterocycles. The molecule has 0 aliphatic carbocycles. The highest BCUT2D eigenvalue weighted by molar-refractivity contribution is 6.30. The largest absolute Gasteiger partial charge is 0.355 e. The first kappa shape index (κ1) is 19.9. The average Bonchev–Trinajstić information content (AvgIpc) is 2.84. The highest BCUT2D eigenvalue weighted by atomic mass is 35.5. The minimum atomic E-state index is -0.230. The number of aryl methyl sites for hydroxylation is 1. The number of anilines is 1. The zero-order chi connectivity index (χ0) is 19.4. The normalized spacial score (nSPS) is 10.8. The van der Waals surface area contributed by atoms with Gasteiger partial charge in [0, 0.05) is 22.0 Å². The standard InChI is InChI=1S/C19H22ClN3O3/c1-11-18(13(3)24)12(2)21-19(11)16(25)9-23(4)10-17(26)22-15-7-5-14(20)6-8-15/h5-8,21H,9-10H2,1-4H3,(H,22,26). The number of nitrogens with one attached hydrogen (secondary N) is 2. The van der Waals surface area contributed by atoms with E-state index in [1.165, 1.54) is 6.92 Å². The Labute approximate surface area is 157 Å². The Morgan fingerprint density at radius 2 is 1.73 bits per heavy atom. The molecule has 2 N–H and O–H groups in total. The molecule has 7 heteroatoms. The van der Waals surface area contributed by atoms with Gasteiger partial charge in [-0.15, -0.1) is 0 Å². The summed E-state index contributed by atoms with van der Waals surface area (Å²) in [6.45, 7) is 5.12. The number of carbonyl (C=O) groups is 3. The van der Waals surface area contributed by atoms with Crippen molar-refractivity contribution >= 4 is 34.8 Å². The minimum Gasteiger partial charge on any atom is -0.355 e. The van der Waals surface area contributed by atoms with Gasteiger partial charge in [0.25, 0.3) is 0 Å². The average molecular weight is 376 g/mol. The van der Waals surface area contributed by atoms with Gasteiger partial charge in [0.15, 0.2) is 11.6 Å². The quantitative estimate of drug-likeness (QED) is 0.728. The molecule has 0 saturated heterocycles. The van der Waals surface area contributed by atoms with E-state index in [1.54, 1.807) is 50.1 Å². The fourth-order valence-corrected chi connectivity index (χ4v) is 3.04. The number of H-pyrrole nitrogens is 1. The molecule has 0 atom stereocenters. The maximum absolute atomic E-state index is 12.5. The van der Waals surface area contributed by atoms with E-state index in [0.717, 1.165) is 0 Å². The van der Waals surface area contributed by atoms with Crippen LogP contribution in [0.5, 0.6) is 0 Å². The van der Waals surface area contributed by atoms with Gasteiger partial charge >= 0.3 is 0 Å². The van der Waals surface area contributed by atoms with Crippen LogP contribution in [-0.2, 0) is 4.79 Å². The monoisotopic (exact) mass is 375 g/mol. The van der Waals surface area contributed by atoms with Gasteiger partial charge in [-0.2, -0.15) is 0 Å². The molecule has 0 radical (unpaired) electrons. The smallest absolute Gasteiger partial charge is 0.238 e. The Balaban J connectivity index is 1.97. The van der Waals surface area contributed by atoms with E-state index in [9.17, 15) is 14.4 Å². The number of halogens is 1. The van der Waals surface area contributed by atoms with Gasteiger partial charge in [-0.05, 0) is 57.6 Å². The molecule has 0 aliphatic rings. The fraction of sp³-hybridized carbons (Fsp3) is 0.316. The Morgan fingerprint density at radius 3 is 2.27 bits per heavy atom. The number of hydrogen-bond donors (Lipinski definition) is 2. The number of carbonyl (C=O) groups excluding carboxylic acids is 3. The van der Waals surface area contributed by atoms with E-state index in [4.69, 9.17) is 11.6 Å². The van der Waals surface area contributed by atoms with Crippen molar-refractivity contribution in [1.82, 2.24) is 9.88 Å². The molecule has 26 heavy (non-hydrogen) atoms. The van der Waals surface area contributed by atoms with Crippen molar-refractivity contribution in [1.29, 1.82) is 0 Å². The lowest BCUT2D eigenvalue weighted by atomic mass is 10.1. The molecule has 138 valence electrons. The van der Waals surface area contributed by atoms with Crippen molar-refractivity contribution in [3.8, 4) is 0 Å². The number of nitrogens with zero attached hydrogens (tertiary/aromatic N) is 1. The highest BCUT2D eigenvalue weighted by Gasteiger charge is 2.21. The zero-order valence-corrected chi connectivity index (χ0v) is 16.0. The summed E-state index contributed by atoms with van der Waals surface area (Å²) in [6.07, 6.45) is 0. The molecule has 2 rings (SSSR count). The second kappa shape index (κ2) is 8.29. The third-order valence-electron chi connectivity index (χ3n) is 4.02. The van der Waals surface area contributed by atoms with Crippen molar-refractivity contribution in [2.45, 2.75) is 20.8 Å². The topological polar surface area (TPSA) is 82.3 Å². The van der Waals surface area contributed by atoms with Crippen LogP contribution >= 0.6 is 11.6 Å². The van der Waals surface area contributed by atoms with Crippen molar-refractivity contribution in [3.05, 3.63) is 51.8 Å². The summed E-state index contributed by atoms with van der Waals surface area (Å²) in [6, 6.07) is 6.79. The Hall–Kier alpha value is -2.44. The lowest BCUT2D eigenvalue weighted by Gasteiger charge is -2.15. The number of benzene rings is 1. The molecule has 0 fully saturated rings. The van der Waals surface area contributed by atoms with Gasteiger partial charge in [0.2, 0.25) is 5.91 Å². The summed E-state index contributed by atoms with van der Waals surface area (Å²) in [7, 11) is 1.69. The fourth-order valence-electron chi connectivity index (χ4n) is 2.92. The number of amides is 1. The Kier molecular flexibility index (Phi) is 6.34. The van der Waals surface area contributed by atoms with Crippen LogP contribution < -0.4 is 5.32 Å². The highest BCUT2D eigenvalue weighted by Crippen LogP contribution is 2.19. The van der Waals surface area contributed by atoms with Gasteiger partial charge < -0.3 is 10.3 Å². The lowest BCUT2D eigenvalue weighted by Crippen LogP contribution is -2.34. The predicted molar refractivity (Wildman–Crippen MR) is 102 cm³/mol. The molecular weight excluding hydrogens is 354 g/mol. The van der Waals surface area contributed by atoms with Gasteiger partial charge in [-0.3, -0.25) is 19.3 Å². The number of ketones is 2. The first-order valence-electron chi connectivity index (χ1n) is 8.16. The maximum atomic E-state index is 12.5. The van der Waals surface area contributed by atoms with Crippen molar-refractivity contribution in [2.24, 2.45) is 0 Å². The molecule has 0 spiro atoms. The number of likely N-dealkylation sites (N-methyl/N-ethyl adjacent to an activating group) is 1. The molecular formula is C19H22ClN3O3. The van der Waals surface area contributed by atoms with E-state index < -0.39 is 0 Å². The summed E-state index contributed by atoms with van der Waals surface area (Å²) < 4.78 is 0. The summed E-state index contributed by atoms with van der Waals surface area (Å²) in [5.74, 6) is -0.475. The summed E-state index contributed by atoms with van der Waals surface area (Å²) >= 11 is 5.81. The third-order valence-corrected chi connectivity index (χ3v) is 4.28. The molecule has 1 aromatic carbocycles. The Bertz CT molecular complexity index is 840. The number of aromatic amines is 1. The summed E-state index contributed by atoms with van der Waals surface area (Å²) in [5, 5.41) is 3.34. The summed E-state index contributed by atoms with van der Waals surface area (Å²) in [4.78, 5) is 40.9. The van der Waals surface area contributed by atoms with Crippen LogP contribution in [0.1, 0.15) is 39.0 Å². The van der Waals surface area contributed by atoms with E-state index >= 15 is 0 Å². The van der Waals surface area contributed by atoms with Crippen LogP contribution in [0.15, 0.2) is 24.3 Å². The molecule has 1 amide bonds. The van der Waals surface area contributed by atoms with Crippen LogP contribution in [0.2, 0.25) is 5.02 Å². The molecule has 2 aromatic rings. The predicted octanol–water partition coefficient (Wildman–Crippen LogP) is 3.24. The number of rotatable bonds is 7. The second-order valence-electron chi connectivity index (χ2n) is 6.33. The molecule has 0 aliphatic heterocycles. The lowest BCUT2D eigenvalue weighted by molar-refractivity contribution is -0.116. The second-order valence-corrected chi connectivity index (χ2v) is 6.77. The molecule has 1 heterocycles. The number of aromatic nitrogens is 1. The van der Waals surface area contributed by atoms with Gasteiger partial charge in [-0.25, -0.2) is 0 Å². The van der Waals surface area contributed by atoms with E-state index in [0.29, 0.717) is 33.2 Å². The number of Topliss-reactive ketones (excluding diaryl/α,β-unsaturated/α-hetero) is 2. The van der Waals surface area contributed by atoms with Crippen molar-refractivity contribution in [2.75, 3.05) is 25.5 Å². The molecule has 0 unspecified atom stereocenters. The van der Waals surface area contributed by atoms with E-state index in [1.807, 2.05) is 0 Å². The van der Waals surface area contributed by atoms with Crippen LogP contribution in [0.4, 0.5) is 5.69 Å². The molecule has 6 nitrogen and oxygen atoms in total. The SMILES string of the molecule is CC(=O)c1c(C)[nH]c(C(=O)CN(C)CC(=O)Nc2ccc(Cl)cc2)c1C. The Morgan fingerprint density at radius 1 is 1.12 bits per heavy atom. The van der Waals surface area contributed by atoms with Crippen LogP contribution in [0.25, 0.3) is 0 Å². The summed E-state index contributed by atoms with van der Waals surface area (Å²) in [5.41, 5.74) is 2.94. The number of hydrogen-bond acceptors (Lipinski definition) is 4. The van der Waals surface area contributed by atoms with Crippen LogP contribution in [-0.4, -0.2) is 47.5 Å². The first-order chi connectivity index (χ1) is 12.2. The maximum Gasteiger partial charge on any atom is 0.238 e. The van der Waals surface area contributed by atoms with Crippen LogP contribution in [0.3, 0.4) is 0 Å². The van der Waals surface area contributed by atoms with E-state index in [2.05, 4.69) is 10.3 Å². The molecule has 0 bridgehead atoms. The van der Waals surface area contributed by atoms with Gasteiger partial charge in [-0.1, -0.05) is 11.6 Å². The van der Waals surface area contributed by atoms with Gasteiger partial charge in [0.1, 0.15) is 0 Å².